The van der Waals surface area contributed by atoms with Gasteiger partial charge in [-0.05, 0) is 39.7 Å². The van der Waals surface area contributed by atoms with E-state index in [2.05, 4.69) is 5.32 Å². The van der Waals surface area contributed by atoms with E-state index in [0.717, 1.165) is 6.54 Å². The minimum Gasteiger partial charge on any atom is -0.494 e. The second-order valence-corrected chi connectivity index (χ2v) is 7.32. The number of allylic oxidation sites excluding steroid dienone is 1. The van der Waals surface area contributed by atoms with E-state index in [1.807, 2.05) is 11.9 Å². The number of nitrogens with zero attached hydrogens (tertiary/aromatic N) is 1. The zero-order chi connectivity index (χ0) is 17.1. The molecule has 0 aliphatic heterocycles. The summed E-state index contributed by atoms with van der Waals surface area (Å²) >= 11 is 0. The number of hydrogen-bond acceptors (Lipinski definition) is 5. The van der Waals surface area contributed by atoms with E-state index in [9.17, 15) is 15.0 Å². The molecular formula is C16H29N3O3. The molecule has 0 spiro atoms. The number of nitrogens with one attached hydrogen (secondary N) is 2. The van der Waals surface area contributed by atoms with Crippen LogP contribution in [0.5, 0.6) is 0 Å². The van der Waals surface area contributed by atoms with E-state index >= 15 is 0 Å². The van der Waals surface area contributed by atoms with E-state index in [4.69, 9.17) is 5.41 Å². The molecule has 22 heavy (non-hydrogen) atoms. The topological polar surface area (TPSA) is 96.7 Å². The summed E-state index contributed by atoms with van der Waals surface area (Å²) in [6.07, 6.45) is 3.59. The highest BCUT2D eigenvalue weighted by Crippen LogP contribution is 2.31. The SMILES string of the molecule is CN(CC1CC1)C(C)(C)C(=O)N/C(O)=C/C(=N)C(C)(C)CO. The van der Waals surface area contributed by atoms with Crippen molar-refractivity contribution in [1.82, 2.24) is 10.2 Å². The second-order valence-electron chi connectivity index (χ2n) is 7.32. The van der Waals surface area contributed by atoms with Gasteiger partial charge in [0.1, 0.15) is 0 Å². The molecule has 126 valence electrons. The first-order valence-electron chi connectivity index (χ1n) is 7.64. The minimum absolute atomic E-state index is 0.0527. The lowest BCUT2D eigenvalue weighted by Crippen LogP contribution is -2.53. The fourth-order valence-electron chi connectivity index (χ4n) is 1.81. The van der Waals surface area contributed by atoms with Gasteiger partial charge in [0.15, 0.2) is 5.88 Å². The Kier molecular flexibility index (Phi) is 5.76. The number of carbonyl (C=O) groups excluding carboxylic acids is 1. The van der Waals surface area contributed by atoms with Gasteiger partial charge in [0.25, 0.3) is 0 Å². The van der Waals surface area contributed by atoms with Crippen molar-refractivity contribution in [2.75, 3.05) is 20.2 Å². The molecule has 0 unspecified atom stereocenters. The summed E-state index contributed by atoms with van der Waals surface area (Å²) < 4.78 is 0. The van der Waals surface area contributed by atoms with E-state index in [1.54, 1.807) is 27.7 Å². The average molecular weight is 311 g/mol. The molecule has 0 atom stereocenters. The number of amides is 1. The summed E-state index contributed by atoms with van der Waals surface area (Å²) in [7, 11) is 1.90. The van der Waals surface area contributed by atoms with Crippen LogP contribution in [0.4, 0.5) is 0 Å². The Morgan fingerprint density at radius 3 is 2.36 bits per heavy atom. The maximum absolute atomic E-state index is 12.3. The van der Waals surface area contributed by atoms with Crippen molar-refractivity contribution < 1.29 is 15.0 Å². The van der Waals surface area contributed by atoms with Gasteiger partial charge in [-0.15, -0.1) is 0 Å². The summed E-state index contributed by atoms with van der Waals surface area (Å²) in [5, 5.41) is 29.4. The summed E-state index contributed by atoms with van der Waals surface area (Å²) in [6.45, 7) is 7.64. The number of aliphatic hydroxyl groups is 2. The highest BCUT2D eigenvalue weighted by Gasteiger charge is 2.36. The van der Waals surface area contributed by atoms with Crippen LogP contribution in [0.15, 0.2) is 12.0 Å². The Morgan fingerprint density at radius 1 is 1.36 bits per heavy atom. The lowest BCUT2D eigenvalue weighted by atomic mass is 9.88. The van der Waals surface area contributed by atoms with E-state index in [-0.39, 0.29) is 24.1 Å². The molecule has 6 nitrogen and oxygen atoms in total. The molecule has 0 saturated heterocycles. The van der Waals surface area contributed by atoms with E-state index < -0.39 is 11.0 Å². The summed E-state index contributed by atoms with van der Waals surface area (Å²) in [6, 6.07) is 0. The fourth-order valence-corrected chi connectivity index (χ4v) is 1.81. The van der Waals surface area contributed by atoms with Crippen LogP contribution < -0.4 is 5.32 Å². The van der Waals surface area contributed by atoms with Crippen LogP contribution in [0.1, 0.15) is 40.5 Å². The fraction of sp³-hybridized carbons (Fsp3) is 0.750. The minimum atomic E-state index is -0.767. The molecule has 0 heterocycles. The molecule has 1 rings (SSSR count). The predicted octanol–water partition coefficient (Wildman–Crippen LogP) is 1.66. The third-order valence-corrected chi connectivity index (χ3v) is 4.39. The number of likely N-dealkylation sites (N-methyl/N-ethyl adjacent to an activating group) is 1. The zero-order valence-electron chi connectivity index (χ0n) is 14.2. The Labute approximate surface area is 132 Å². The molecule has 1 aliphatic rings. The standard InChI is InChI=1S/C16H29N3O3/c1-15(2,10-20)12(17)8-13(21)18-14(22)16(3,4)19(5)9-11-6-7-11/h8,11,17,20-21H,6-7,9-10H2,1-5H3,(H,18,22)/b13-8-,17-12?. The van der Waals surface area contributed by atoms with Crippen LogP contribution in [-0.4, -0.2) is 52.5 Å². The van der Waals surface area contributed by atoms with Crippen LogP contribution in [0.25, 0.3) is 0 Å². The van der Waals surface area contributed by atoms with Gasteiger partial charge in [0.05, 0.1) is 12.1 Å². The number of carbonyl (C=O) groups is 1. The Bertz CT molecular complexity index is 465. The summed E-state index contributed by atoms with van der Waals surface area (Å²) in [5.41, 5.74) is -1.47. The van der Waals surface area contributed by atoms with Crippen molar-refractivity contribution in [3.8, 4) is 0 Å². The molecule has 4 N–H and O–H groups in total. The highest BCUT2D eigenvalue weighted by molar-refractivity contribution is 5.97. The summed E-state index contributed by atoms with van der Waals surface area (Å²) in [5.74, 6) is -0.0248. The molecule has 1 saturated carbocycles. The average Bonchev–Trinajstić information content (AvgIpc) is 3.21. The second kappa shape index (κ2) is 6.79. The third kappa shape index (κ3) is 4.81. The van der Waals surface area contributed by atoms with Crippen LogP contribution in [0.3, 0.4) is 0 Å². The van der Waals surface area contributed by atoms with Gasteiger partial charge >= 0.3 is 0 Å². The smallest absolute Gasteiger partial charge is 0.246 e. The maximum atomic E-state index is 12.3. The van der Waals surface area contributed by atoms with Crippen molar-refractivity contribution >= 4 is 11.6 Å². The van der Waals surface area contributed by atoms with Gasteiger partial charge in [0, 0.05) is 23.7 Å². The maximum Gasteiger partial charge on any atom is 0.246 e. The van der Waals surface area contributed by atoms with Gasteiger partial charge in [-0.25, -0.2) is 0 Å². The molecular weight excluding hydrogens is 282 g/mol. The first-order valence-corrected chi connectivity index (χ1v) is 7.64. The molecule has 0 radical (unpaired) electrons. The summed E-state index contributed by atoms with van der Waals surface area (Å²) in [4.78, 5) is 14.3. The van der Waals surface area contributed by atoms with Crippen molar-refractivity contribution in [3.63, 3.8) is 0 Å². The zero-order valence-corrected chi connectivity index (χ0v) is 14.2. The van der Waals surface area contributed by atoms with E-state index in [0.29, 0.717) is 5.92 Å². The molecule has 6 heteroatoms. The Hall–Kier alpha value is -1.40. The molecule has 1 fully saturated rings. The van der Waals surface area contributed by atoms with Crippen LogP contribution >= 0.6 is 0 Å². The van der Waals surface area contributed by atoms with Gasteiger partial charge in [-0.3, -0.25) is 15.0 Å². The first-order chi connectivity index (χ1) is 10.0. The normalized spacial score (nSPS) is 16.8. The molecule has 1 amide bonds. The predicted molar refractivity (Wildman–Crippen MR) is 86.9 cm³/mol. The lowest BCUT2D eigenvalue weighted by Gasteiger charge is -2.34. The monoisotopic (exact) mass is 311 g/mol. The molecule has 0 bridgehead atoms. The van der Waals surface area contributed by atoms with Gasteiger partial charge in [0.2, 0.25) is 5.91 Å². The van der Waals surface area contributed by atoms with Crippen LogP contribution in [0.2, 0.25) is 0 Å². The molecule has 0 aromatic heterocycles. The number of rotatable bonds is 8. The quantitative estimate of drug-likeness (QED) is 0.405. The molecule has 1 aliphatic carbocycles. The van der Waals surface area contributed by atoms with E-state index in [1.165, 1.54) is 18.9 Å². The highest BCUT2D eigenvalue weighted by atomic mass is 16.3. The van der Waals surface area contributed by atoms with Crippen molar-refractivity contribution in [2.45, 2.75) is 46.1 Å². The third-order valence-electron chi connectivity index (χ3n) is 4.39. The van der Waals surface area contributed by atoms with Gasteiger partial charge in [-0.1, -0.05) is 13.8 Å². The van der Waals surface area contributed by atoms with Crippen molar-refractivity contribution in [2.24, 2.45) is 11.3 Å². The van der Waals surface area contributed by atoms with Crippen molar-refractivity contribution in [1.29, 1.82) is 5.41 Å². The lowest BCUT2D eigenvalue weighted by molar-refractivity contribution is -0.130. The first kappa shape index (κ1) is 18.6. The Morgan fingerprint density at radius 2 is 1.91 bits per heavy atom. The molecule has 0 aromatic carbocycles. The number of aliphatic hydroxyl groups excluding tert-OH is 2. The number of hydrogen-bond donors (Lipinski definition) is 4. The van der Waals surface area contributed by atoms with Crippen LogP contribution in [0, 0.1) is 16.7 Å². The molecule has 0 aromatic rings. The van der Waals surface area contributed by atoms with Gasteiger partial charge < -0.3 is 15.6 Å². The van der Waals surface area contributed by atoms with Gasteiger partial charge in [-0.2, -0.15) is 0 Å². The Balaban J connectivity index is 2.67. The largest absolute Gasteiger partial charge is 0.494 e. The van der Waals surface area contributed by atoms with Crippen molar-refractivity contribution in [3.05, 3.63) is 12.0 Å². The van der Waals surface area contributed by atoms with Crippen LogP contribution in [-0.2, 0) is 4.79 Å².